The first-order chi connectivity index (χ1) is 11.4. The third-order valence-corrected chi connectivity index (χ3v) is 6.00. The maximum Gasteiger partial charge on any atom is 0.262 e. The molecule has 1 aliphatic carbocycles. The van der Waals surface area contributed by atoms with Crippen molar-refractivity contribution in [1.29, 1.82) is 0 Å². The average Bonchev–Trinajstić information content (AvgIpc) is 3.20. The number of carbonyl (C=O) groups is 1. The van der Waals surface area contributed by atoms with Crippen LogP contribution in [0.5, 0.6) is 0 Å². The molecule has 3 fully saturated rings. The summed E-state index contributed by atoms with van der Waals surface area (Å²) in [5.74, 6) is -3.06. The molecule has 5 nitrogen and oxygen atoms in total. The first-order valence-corrected chi connectivity index (χ1v) is 9.11. The van der Waals surface area contributed by atoms with Crippen molar-refractivity contribution in [3.05, 3.63) is 0 Å². The molecule has 2 N–H and O–H groups in total. The molecule has 0 aromatic carbocycles. The Hall–Kier alpha value is -0.210. The summed E-state index contributed by atoms with van der Waals surface area (Å²) in [6.45, 7) is 2.12. The van der Waals surface area contributed by atoms with Crippen LogP contribution in [0.1, 0.15) is 44.9 Å². The lowest BCUT2D eigenvalue weighted by Gasteiger charge is -2.45. The minimum Gasteiger partial charge on any atom is -0.381 e. The Labute approximate surface area is 166 Å². The van der Waals surface area contributed by atoms with Gasteiger partial charge in [-0.05, 0) is 25.7 Å². The zero-order chi connectivity index (χ0) is 17.2. The van der Waals surface area contributed by atoms with Gasteiger partial charge in [-0.3, -0.25) is 15.0 Å². The summed E-state index contributed by atoms with van der Waals surface area (Å²) in [6.07, 6.45) is 6.44. The highest BCUT2D eigenvalue weighted by atomic mass is 35.5. The number of hydrogen-bond donors (Lipinski definition) is 2. The van der Waals surface area contributed by atoms with Gasteiger partial charge in [0.25, 0.3) is 5.92 Å². The van der Waals surface area contributed by atoms with E-state index in [1.54, 1.807) is 7.11 Å². The second-order valence-electron chi connectivity index (χ2n) is 7.56. The van der Waals surface area contributed by atoms with Crippen LogP contribution in [-0.2, 0) is 9.53 Å². The van der Waals surface area contributed by atoms with Crippen molar-refractivity contribution in [2.24, 2.45) is 0 Å². The molecule has 2 aliphatic heterocycles. The van der Waals surface area contributed by atoms with Crippen molar-refractivity contribution in [1.82, 2.24) is 15.5 Å². The fourth-order valence-corrected chi connectivity index (χ4v) is 4.48. The molecule has 154 valence electrons. The monoisotopic (exact) mass is 417 g/mol. The highest BCUT2D eigenvalue weighted by Gasteiger charge is 2.44. The number of methoxy groups -OCH3 is 1. The Morgan fingerprint density at radius 1 is 1.23 bits per heavy atom. The SMILES string of the molecule is COC1CCN(C2(CNC(=O)C3CC(F)(F)CN3)CCCC2)CC1.Cl.Cl. The smallest absolute Gasteiger partial charge is 0.262 e. The highest BCUT2D eigenvalue weighted by Crippen LogP contribution is 2.37. The fraction of sp³-hybridized carbons (Fsp3) is 0.941. The van der Waals surface area contributed by atoms with Crippen LogP contribution >= 0.6 is 24.8 Å². The quantitative estimate of drug-likeness (QED) is 0.720. The van der Waals surface area contributed by atoms with E-state index in [4.69, 9.17) is 4.74 Å². The zero-order valence-corrected chi connectivity index (χ0v) is 16.9. The normalized spacial score (nSPS) is 28.2. The van der Waals surface area contributed by atoms with Gasteiger partial charge in [0.15, 0.2) is 0 Å². The van der Waals surface area contributed by atoms with Gasteiger partial charge in [-0.25, -0.2) is 8.78 Å². The van der Waals surface area contributed by atoms with E-state index in [9.17, 15) is 13.6 Å². The number of ether oxygens (including phenoxy) is 1. The number of nitrogens with one attached hydrogen (secondary N) is 2. The van der Waals surface area contributed by atoms with Crippen LogP contribution in [0.4, 0.5) is 8.78 Å². The number of hydrogen-bond acceptors (Lipinski definition) is 4. The van der Waals surface area contributed by atoms with Crippen molar-refractivity contribution >= 4 is 30.7 Å². The zero-order valence-electron chi connectivity index (χ0n) is 15.3. The lowest BCUT2D eigenvalue weighted by molar-refractivity contribution is -0.124. The van der Waals surface area contributed by atoms with E-state index in [0.29, 0.717) is 12.6 Å². The third-order valence-electron chi connectivity index (χ3n) is 6.00. The van der Waals surface area contributed by atoms with Crippen molar-refractivity contribution in [3.8, 4) is 0 Å². The number of nitrogens with zero attached hydrogens (tertiary/aromatic N) is 1. The Balaban J connectivity index is 0.00000169. The van der Waals surface area contributed by atoms with Gasteiger partial charge in [-0.1, -0.05) is 12.8 Å². The molecule has 9 heteroatoms. The van der Waals surface area contributed by atoms with Crippen molar-refractivity contribution in [2.75, 3.05) is 33.3 Å². The highest BCUT2D eigenvalue weighted by molar-refractivity contribution is 5.85. The predicted octanol–water partition coefficient (Wildman–Crippen LogP) is 2.37. The van der Waals surface area contributed by atoms with E-state index in [0.717, 1.165) is 38.8 Å². The van der Waals surface area contributed by atoms with Crippen LogP contribution in [0.2, 0.25) is 0 Å². The molecule has 0 radical (unpaired) electrons. The van der Waals surface area contributed by atoms with E-state index in [1.807, 2.05) is 0 Å². The first kappa shape index (κ1) is 23.8. The number of halogens is 4. The minimum absolute atomic E-state index is 0. The van der Waals surface area contributed by atoms with Gasteiger partial charge in [0.1, 0.15) is 0 Å². The Morgan fingerprint density at radius 2 is 1.85 bits per heavy atom. The molecule has 1 saturated carbocycles. The summed E-state index contributed by atoms with van der Waals surface area (Å²) in [4.78, 5) is 14.8. The van der Waals surface area contributed by atoms with Gasteiger partial charge in [0.05, 0.1) is 18.7 Å². The van der Waals surface area contributed by atoms with Crippen LogP contribution in [0.3, 0.4) is 0 Å². The molecule has 1 unspecified atom stereocenters. The summed E-state index contributed by atoms with van der Waals surface area (Å²) >= 11 is 0. The van der Waals surface area contributed by atoms with E-state index >= 15 is 0 Å². The van der Waals surface area contributed by atoms with E-state index in [-0.39, 0.29) is 36.3 Å². The fourth-order valence-electron chi connectivity index (χ4n) is 4.48. The number of likely N-dealkylation sites (tertiary alicyclic amines) is 1. The molecule has 0 bridgehead atoms. The molecule has 0 aromatic rings. The molecule has 3 aliphatic rings. The molecule has 1 amide bonds. The molecular weight excluding hydrogens is 387 g/mol. The van der Waals surface area contributed by atoms with Gasteiger partial charge in [0.2, 0.25) is 5.91 Å². The molecule has 1 atom stereocenters. The Morgan fingerprint density at radius 3 is 2.35 bits per heavy atom. The lowest BCUT2D eigenvalue weighted by Crippen LogP contribution is -2.58. The van der Waals surface area contributed by atoms with E-state index in [1.165, 1.54) is 12.8 Å². The summed E-state index contributed by atoms with van der Waals surface area (Å²) in [5, 5.41) is 5.60. The molecule has 2 heterocycles. The summed E-state index contributed by atoms with van der Waals surface area (Å²) < 4.78 is 32.0. The molecular formula is C17H31Cl2F2N3O2. The maximum absolute atomic E-state index is 13.3. The summed E-state index contributed by atoms with van der Waals surface area (Å²) in [5.41, 5.74) is -0.00447. The van der Waals surface area contributed by atoms with Crippen LogP contribution in [-0.4, -0.2) is 67.7 Å². The van der Waals surface area contributed by atoms with Crippen molar-refractivity contribution in [2.45, 2.75) is 68.6 Å². The van der Waals surface area contributed by atoms with Crippen molar-refractivity contribution < 1.29 is 18.3 Å². The lowest BCUT2D eigenvalue weighted by atomic mass is 9.91. The third kappa shape index (κ3) is 5.41. The van der Waals surface area contributed by atoms with Gasteiger partial charge in [0, 0.05) is 38.7 Å². The second-order valence-corrected chi connectivity index (χ2v) is 7.56. The standard InChI is InChI=1S/C17H29F2N3O2.2ClH/c1-24-13-4-8-22(9-5-13)16(6-2-3-7-16)11-21-15(23)14-10-17(18,19)12-20-14;;/h13-14,20H,2-12H2,1H3,(H,21,23);2*1H. The number of alkyl halides is 2. The maximum atomic E-state index is 13.3. The molecule has 0 spiro atoms. The molecule has 3 rings (SSSR count). The van der Waals surface area contributed by atoms with Crippen LogP contribution < -0.4 is 10.6 Å². The van der Waals surface area contributed by atoms with Gasteiger partial charge in [-0.2, -0.15) is 0 Å². The van der Waals surface area contributed by atoms with Crippen molar-refractivity contribution in [3.63, 3.8) is 0 Å². The average molecular weight is 418 g/mol. The Kier molecular flexibility index (Phi) is 9.00. The number of rotatable bonds is 5. The van der Waals surface area contributed by atoms with Crippen LogP contribution in [0, 0.1) is 0 Å². The molecule has 2 saturated heterocycles. The Bertz CT molecular complexity index is 457. The second kappa shape index (κ2) is 9.82. The largest absolute Gasteiger partial charge is 0.381 e. The topological polar surface area (TPSA) is 53.6 Å². The van der Waals surface area contributed by atoms with Gasteiger partial charge >= 0.3 is 0 Å². The van der Waals surface area contributed by atoms with Crippen LogP contribution in [0.25, 0.3) is 0 Å². The number of piperidine rings is 1. The first-order valence-electron chi connectivity index (χ1n) is 9.11. The number of amides is 1. The minimum atomic E-state index is -2.77. The van der Waals surface area contributed by atoms with Crippen LogP contribution in [0.15, 0.2) is 0 Å². The van der Waals surface area contributed by atoms with E-state index < -0.39 is 24.9 Å². The predicted molar refractivity (Wildman–Crippen MR) is 102 cm³/mol. The van der Waals surface area contributed by atoms with Gasteiger partial charge < -0.3 is 10.1 Å². The summed E-state index contributed by atoms with van der Waals surface area (Å²) in [7, 11) is 1.76. The number of carbonyl (C=O) groups excluding carboxylic acids is 1. The molecule has 0 aromatic heterocycles. The molecule has 26 heavy (non-hydrogen) atoms. The van der Waals surface area contributed by atoms with Gasteiger partial charge in [-0.15, -0.1) is 24.8 Å². The van der Waals surface area contributed by atoms with E-state index in [2.05, 4.69) is 15.5 Å². The summed E-state index contributed by atoms with van der Waals surface area (Å²) in [6, 6.07) is -0.766.